The molecule has 0 saturated carbocycles. The Bertz CT molecular complexity index is 838. The van der Waals surface area contributed by atoms with Crippen LogP contribution in [0.15, 0.2) is 24.4 Å². The highest BCUT2D eigenvalue weighted by molar-refractivity contribution is 5.90. The fraction of sp³-hybridized carbons (Fsp3) is 0.375. The second kappa shape index (κ2) is 7.08. The zero-order valence-electron chi connectivity index (χ0n) is 14.2. The second-order valence-electron chi connectivity index (χ2n) is 5.95. The number of carbonyl (C=O) groups excluding carboxylic acids is 2. The molecule has 1 aromatic carbocycles. The molecule has 1 fully saturated rings. The summed E-state index contributed by atoms with van der Waals surface area (Å²) in [4.78, 5) is 24.2. The normalized spacial score (nSPS) is 17.9. The smallest absolute Gasteiger partial charge is 0.414 e. The van der Waals surface area contributed by atoms with Gasteiger partial charge in [-0.15, -0.1) is 5.10 Å². The van der Waals surface area contributed by atoms with Crippen LogP contribution in [0.1, 0.15) is 25.6 Å². The van der Waals surface area contributed by atoms with E-state index in [2.05, 4.69) is 15.6 Å². The Labute approximate surface area is 148 Å². The van der Waals surface area contributed by atoms with Crippen molar-refractivity contribution in [2.45, 2.75) is 26.1 Å². The number of aliphatic hydroxyl groups excluding tert-OH is 1. The quantitative estimate of drug-likeness (QED) is 0.818. The van der Waals surface area contributed by atoms with Crippen molar-refractivity contribution in [2.75, 3.05) is 18.0 Å². The fourth-order valence-electron chi connectivity index (χ4n) is 2.53. The number of nitrogens with one attached hydrogen (secondary N) is 1. The number of aliphatic hydroxyl groups is 1. The molecular formula is C16H18FN5O4. The van der Waals surface area contributed by atoms with Gasteiger partial charge in [0.1, 0.15) is 17.5 Å². The van der Waals surface area contributed by atoms with Gasteiger partial charge in [-0.3, -0.25) is 9.69 Å². The van der Waals surface area contributed by atoms with Crippen LogP contribution >= 0.6 is 0 Å². The van der Waals surface area contributed by atoms with Crippen LogP contribution in [0.25, 0.3) is 5.69 Å². The lowest BCUT2D eigenvalue weighted by atomic mass is 10.2. The number of ether oxygens (including phenoxy) is 1. The molecule has 2 amide bonds. The van der Waals surface area contributed by atoms with Crippen LogP contribution in [-0.4, -0.2) is 51.3 Å². The van der Waals surface area contributed by atoms with E-state index >= 15 is 0 Å². The van der Waals surface area contributed by atoms with E-state index in [1.165, 1.54) is 41.8 Å². The third kappa shape index (κ3) is 3.64. The minimum Gasteiger partial charge on any atom is -0.442 e. The van der Waals surface area contributed by atoms with Gasteiger partial charge in [-0.05, 0) is 25.1 Å². The minimum atomic E-state index is -0.814. The van der Waals surface area contributed by atoms with E-state index in [9.17, 15) is 19.1 Å². The number of cyclic esters (lactones) is 1. The maximum Gasteiger partial charge on any atom is 0.414 e. The first-order chi connectivity index (χ1) is 12.3. The average molecular weight is 363 g/mol. The summed E-state index contributed by atoms with van der Waals surface area (Å²) in [5.41, 5.74) is 0.783. The van der Waals surface area contributed by atoms with Gasteiger partial charge in [0.15, 0.2) is 5.82 Å². The predicted octanol–water partition coefficient (Wildman–Crippen LogP) is 0.921. The number of hydrogen-bond donors (Lipinski definition) is 2. The molecule has 2 aromatic rings. The summed E-state index contributed by atoms with van der Waals surface area (Å²) in [6, 6.07) is 4.21. The molecule has 2 atom stereocenters. The Kier molecular flexibility index (Phi) is 4.85. The van der Waals surface area contributed by atoms with Crippen molar-refractivity contribution in [2.24, 2.45) is 0 Å². The predicted molar refractivity (Wildman–Crippen MR) is 88.2 cm³/mol. The van der Waals surface area contributed by atoms with E-state index in [4.69, 9.17) is 4.74 Å². The number of anilines is 1. The maximum absolute atomic E-state index is 14.5. The third-order valence-electron chi connectivity index (χ3n) is 3.88. The van der Waals surface area contributed by atoms with Gasteiger partial charge in [-0.25, -0.2) is 13.9 Å². The molecule has 26 heavy (non-hydrogen) atoms. The molecule has 0 radical (unpaired) electrons. The van der Waals surface area contributed by atoms with Gasteiger partial charge < -0.3 is 15.2 Å². The van der Waals surface area contributed by atoms with Crippen molar-refractivity contribution in [3.63, 3.8) is 0 Å². The highest BCUT2D eigenvalue weighted by Crippen LogP contribution is 2.25. The van der Waals surface area contributed by atoms with Crippen LogP contribution in [0.3, 0.4) is 0 Å². The van der Waals surface area contributed by atoms with Gasteiger partial charge >= 0.3 is 6.09 Å². The summed E-state index contributed by atoms with van der Waals surface area (Å²) in [6.45, 7) is 3.30. The number of nitrogens with zero attached hydrogens (tertiary/aromatic N) is 4. The van der Waals surface area contributed by atoms with Gasteiger partial charge in [0.25, 0.3) is 0 Å². The molecule has 138 valence electrons. The monoisotopic (exact) mass is 363 g/mol. The average Bonchev–Trinajstić information content (AvgIpc) is 3.20. The minimum absolute atomic E-state index is 0.135. The summed E-state index contributed by atoms with van der Waals surface area (Å²) in [7, 11) is 0. The lowest BCUT2D eigenvalue weighted by Crippen LogP contribution is -2.33. The van der Waals surface area contributed by atoms with E-state index in [1.54, 1.807) is 6.07 Å². The Morgan fingerprint density at radius 1 is 1.54 bits per heavy atom. The fourth-order valence-corrected chi connectivity index (χ4v) is 2.53. The Morgan fingerprint density at radius 3 is 2.92 bits per heavy atom. The van der Waals surface area contributed by atoms with Gasteiger partial charge in [0.2, 0.25) is 5.91 Å². The van der Waals surface area contributed by atoms with Crippen molar-refractivity contribution < 1.29 is 23.8 Å². The van der Waals surface area contributed by atoms with Crippen molar-refractivity contribution >= 4 is 17.7 Å². The molecule has 0 spiro atoms. The SMILES string of the molecule is CC(=O)NC[C@H]1CN(c2ccc(-n3cc(C(C)O)nn3)c(F)c2)C(=O)O1. The van der Waals surface area contributed by atoms with Crippen LogP contribution in [0, 0.1) is 5.82 Å². The Morgan fingerprint density at radius 2 is 2.31 bits per heavy atom. The van der Waals surface area contributed by atoms with Crippen molar-refractivity contribution in [1.82, 2.24) is 20.3 Å². The molecule has 9 nitrogen and oxygen atoms in total. The van der Waals surface area contributed by atoms with E-state index in [-0.39, 0.29) is 24.7 Å². The van der Waals surface area contributed by atoms with Crippen LogP contribution in [0.4, 0.5) is 14.9 Å². The lowest BCUT2D eigenvalue weighted by molar-refractivity contribution is -0.119. The largest absolute Gasteiger partial charge is 0.442 e. The molecule has 1 aliphatic heterocycles. The van der Waals surface area contributed by atoms with E-state index in [0.29, 0.717) is 11.4 Å². The van der Waals surface area contributed by atoms with Gasteiger partial charge in [-0.2, -0.15) is 0 Å². The van der Waals surface area contributed by atoms with Crippen molar-refractivity contribution in [1.29, 1.82) is 0 Å². The summed E-state index contributed by atoms with van der Waals surface area (Å²) in [5.74, 6) is -0.832. The number of benzene rings is 1. The number of amides is 2. The van der Waals surface area contributed by atoms with Gasteiger partial charge in [0, 0.05) is 6.92 Å². The standard InChI is InChI=1S/C16H18FN5O4/c1-9(23)14-8-22(20-19-14)15-4-3-11(5-13(15)17)21-7-12(26-16(21)25)6-18-10(2)24/h3-5,8-9,12,23H,6-7H2,1-2H3,(H,18,24)/t9?,12-/m0/s1. The maximum atomic E-state index is 14.5. The molecule has 1 aromatic heterocycles. The molecule has 10 heteroatoms. The molecule has 3 rings (SSSR count). The number of halogens is 1. The van der Waals surface area contributed by atoms with Crippen LogP contribution in [-0.2, 0) is 9.53 Å². The zero-order valence-corrected chi connectivity index (χ0v) is 14.2. The first-order valence-electron chi connectivity index (χ1n) is 7.98. The molecule has 2 N–H and O–H groups in total. The summed E-state index contributed by atoms with van der Waals surface area (Å²) in [6.07, 6.45) is -0.496. The van der Waals surface area contributed by atoms with Gasteiger partial charge in [0.05, 0.1) is 31.1 Å². The van der Waals surface area contributed by atoms with E-state index in [1.807, 2.05) is 0 Å². The lowest BCUT2D eigenvalue weighted by Gasteiger charge is -2.14. The van der Waals surface area contributed by atoms with E-state index < -0.39 is 24.1 Å². The van der Waals surface area contributed by atoms with E-state index in [0.717, 1.165) is 0 Å². The van der Waals surface area contributed by atoms with Gasteiger partial charge in [-0.1, -0.05) is 5.21 Å². The molecule has 0 aliphatic carbocycles. The molecule has 1 aliphatic rings. The number of rotatable bonds is 5. The number of carbonyl (C=O) groups is 2. The highest BCUT2D eigenvalue weighted by Gasteiger charge is 2.32. The first kappa shape index (κ1) is 17.8. The molecule has 2 heterocycles. The summed E-state index contributed by atoms with van der Waals surface area (Å²) < 4.78 is 20.9. The van der Waals surface area contributed by atoms with Crippen molar-refractivity contribution in [3.8, 4) is 5.69 Å². The van der Waals surface area contributed by atoms with Crippen LogP contribution in [0.2, 0.25) is 0 Å². The van der Waals surface area contributed by atoms with Crippen molar-refractivity contribution in [3.05, 3.63) is 35.9 Å². The van der Waals surface area contributed by atoms with Crippen LogP contribution in [0.5, 0.6) is 0 Å². The third-order valence-corrected chi connectivity index (χ3v) is 3.88. The molecule has 0 bridgehead atoms. The first-order valence-corrected chi connectivity index (χ1v) is 7.98. The Hall–Kier alpha value is -3.01. The molecule has 1 saturated heterocycles. The Balaban J connectivity index is 1.76. The second-order valence-corrected chi connectivity index (χ2v) is 5.95. The summed E-state index contributed by atoms with van der Waals surface area (Å²) in [5, 5.41) is 19.6. The molecular weight excluding hydrogens is 345 g/mol. The zero-order chi connectivity index (χ0) is 18.8. The highest BCUT2D eigenvalue weighted by atomic mass is 19.1. The van der Waals surface area contributed by atoms with Crippen LogP contribution < -0.4 is 10.2 Å². The topological polar surface area (TPSA) is 110 Å². The molecule has 1 unspecified atom stereocenters. The number of aromatic nitrogens is 3. The number of hydrogen-bond acceptors (Lipinski definition) is 6. The summed E-state index contributed by atoms with van der Waals surface area (Å²) >= 11 is 0.